The zero-order valence-electron chi connectivity index (χ0n) is 14.5. The number of halogens is 2. The Kier molecular flexibility index (Phi) is 6.97. The zero-order chi connectivity index (χ0) is 18.4. The van der Waals surface area contributed by atoms with Gasteiger partial charge in [0, 0.05) is 20.0 Å². The number of carbonyl (C=O) groups is 1. The molecule has 2 aromatic carbocycles. The molecule has 134 valence electrons. The standard InChI is InChI=1S/C19H21Cl2NO3/c1-22(12-14-4-7-15(20)16(21)10-14)19(23)9-6-13-5-8-17(24-2)18(11-13)25-3/h4-5,7-8,10-11H,6,9,12H2,1-3H3. The summed E-state index contributed by atoms with van der Waals surface area (Å²) in [6, 6.07) is 11.1. The van der Waals surface area contributed by atoms with Crippen LogP contribution in [0.4, 0.5) is 0 Å². The van der Waals surface area contributed by atoms with Gasteiger partial charge in [0.15, 0.2) is 11.5 Å². The van der Waals surface area contributed by atoms with Crippen molar-refractivity contribution < 1.29 is 14.3 Å². The molecule has 0 atom stereocenters. The van der Waals surface area contributed by atoms with E-state index < -0.39 is 0 Å². The Hall–Kier alpha value is -1.91. The van der Waals surface area contributed by atoms with Crippen LogP contribution in [0, 0.1) is 0 Å². The Bertz CT molecular complexity index is 749. The van der Waals surface area contributed by atoms with E-state index in [9.17, 15) is 4.79 Å². The maximum Gasteiger partial charge on any atom is 0.222 e. The van der Waals surface area contributed by atoms with Crippen LogP contribution < -0.4 is 9.47 Å². The Morgan fingerprint density at radius 3 is 2.28 bits per heavy atom. The van der Waals surface area contributed by atoms with Gasteiger partial charge in [-0.05, 0) is 41.8 Å². The molecule has 0 aliphatic heterocycles. The number of benzene rings is 2. The number of rotatable bonds is 7. The van der Waals surface area contributed by atoms with Gasteiger partial charge in [0.2, 0.25) is 5.91 Å². The number of aryl methyl sites for hydroxylation is 1. The van der Waals surface area contributed by atoms with Crippen molar-refractivity contribution in [1.82, 2.24) is 4.90 Å². The van der Waals surface area contributed by atoms with Crippen LogP contribution in [0.2, 0.25) is 10.0 Å². The first-order valence-electron chi connectivity index (χ1n) is 7.83. The Balaban J connectivity index is 1.94. The summed E-state index contributed by atoms with van der Waals surface area (Å²) in [6.07, 6.45) is 1.04. The second-order valence-electron chi connectivity index (χ2n) is 5.69. The van der Waals surface area contributed by atoms with Crippen molar-refractivity contribution in [2.75, 3.05) is 21.3 Å². The molecule has 0 fully saturated rings. The van der Waals surface area contributed by atoms with E-state index in [0.29, 0.717) is 40.9 Å². The van der Waals surface area contributed by atoms with Crippen LogP contribution in [-0.4, -0.2) is 32.1 Å². The largest absolute Gasteiger partial charge is 0.493 e. The first-order valence-corrected chi connectivity index (χ1v) is 8.59. The van der Waals surface area contributed by atoms with Gasteiger partial charge in [-0.1, -0.05) is 35.3 Å². The summed E-state index contributed by atoms with van der Waals surface area (Å²) in [4.78, 5) is 14.0. The molecule has 25 heavy (non-hydrogen) atoms. The van der Waals surface area contributed by atoms with Crippen molar-refractivity contribution >= 4 is 29.1 Å². The summed E-state index contributed by atoms with van der Waals surface area (Å²) >= 11 is 11.9. The number of methoxy groups -OCH3 is 2. The van der Waals surface area contributed by atoms with Gasteiger partial charge in [-0.15, -0.1) is 0 Å². The SMILES string of the molecule is COc1ccc(CCC(=O)N(C)Cc2ccc(Cl)c(Cl)c2)cc1OC. The predicted molar refractivity (Wildman–Crippen MR) is 101 cm³/mol. The second kappa shape index (κ2) is 8.97. The van der Waals surface area contributed by atoms with E-state index in [2.05, 4.69) is 0 Å². The summed E-state index contributed by atoms with van der Waals surface area (Å²) in [5, 5.41) is 0.998. The molecule has 0 aromatic heterocycles. The van der Waals surface area contributed by atoms with Gasteiger partial charge < -0.3 is 14.4 Å². The summed E-state index contributed by atoms with van der Waals surface area (Å²) in [6.45, 7) is 0.488. The van der Waals surface area contributed by atoms with Crippen molar-refractivity contribution in [3.8, 4) is 11.5 Å². The molecule has 0 saturated heterocycles. The molecule has 0 unspecified atom stereocenters. The van der Waals surface area contributed by atoms with E-state index in [1.807, 2.05) is 24.3 Å². The third-order valence-corrected chi connectivity index (χ3v) is 4.64. The zero-order valence-corrected chi connectivity index (χ0v) is 16.0. The molecule has 0 N–H and O–H groups in total. The third kappa shape index (κ3) is 5.28. The third-order valence-electron chi connectivity index (χ3n) is 3.91. The fourth-order valence-electron chi connectivity index (χ4n) is 2.48. The van der Waals surface area contributed by atoms with Gasteiger partial charge in [-0.25, -0.2) is 0 Å². The van der Waals surface area contributed by atoms with Crippen LogP contribution in [0.5, 0.6) is 11.5 Å². The first-order chi connectivity index (χ1) is 11.9. The van der Waals surface area contributed by atoms with E-state index in [4.69, 9.17) is 32.7 Å². The lowest BCUT2D eigenvalue weighted by Crippen LogP contribution is -2.26. The molecule has 0 radical (unpaired) electrons. The van der Waals surface area contributed by atoms with Crippen molar-refractivity contribution in [2.45, 2.75) is 19.4 Å². The summed E-state index contributed by atoms with van der Waals surface area (Å²) < 4.78 is 10.5. The van der Waals surface area contributed by atoms with Gasteiger partial charge in [-0.3, -0.25) is 4.79 Å². The van der Waals surface area contributed by atoms with E-state index in [1.54, 1.807) is 38.3 Å². The maximum absolute atomic E-state index is 12.4. The number of hydrogen-bond donors (Lipinski definition) is 0. The summed E-state index contributed by atoms with van der Waals surface area (Å²) in [5.41, 5.74) is 1.96. The minimum absolute atomic E-state index is 0.0563. The van der Waals surface area contributed by atoms with Gasteiger partial charge in [0.05, 0.1) is 24.3 Å². The normalized spacial score (nSPS) is 10.4. The van der Waals surface area contributed by atoms with Crippen LogP contribution in [0.1, 0.15) is 17.5 Å². The molecule has 0 spiro atoms. The number of nitrogens with zero attached hydrogens (tertiary/aromatic N) is 1. The highest BCUT2D eigenvalue weighted by Gasteiger charge is 2.12. The van der Waals surface area contributed by atoms with Crippen LogP contribution >= 0.6 is 23.2 Å². The number of amides is 1. The molecule has 0 saturated carbocycles. The van der Waals surface area contributed by atoms with Crippen molar-refractivity contribution in [3.63, 3.8) is 0 Å². The Morgan fingerprint density at radius 2 is 1.64 bits per heavy atom. The molecule has 0 heterocycles. The lowest BCUT2D eigenvalue weighted by Gasteiger charge is -2.18. The Labute approximate surface area is 158 Å². The number of carbonyl (C=O) groups excluding carboxylic acids is 1. The average molecular weight is 382 g/mol. The van der Waals surface area contributed by atoms with Crippen molar-refractivity contribution in [2.24, 2.45) is 0 Å². The lowest BCUT2D eigenvalue weighted by atomic mass is 10.1. The van der Waals surface area contributed by atoms with E-state index >= 15 is 0 Å². The maximum atomic E-state index is 12.4. The topological polar surface area (TPSA) is 38.8 Å². The highest BCUT2D eigenvalue weighted by atomic mass is 35.5. The molecular weight excluding hydrogens is 361 g/mol. The van der Waals surface area contributed by atoms with Gasteiger partial charge in [-0.2, -0.15) is 0 Å². The fraction of sp³-hybridized carbons (Fsp3) is 0.316. The molecule has 0 aliphatic rings. The summed E-state index contributed by atoms with van der Waals surface area (Å²) in [7, 11) is 4.97. The van der Waals surface area contributed by atoms with E-state index in [-0.39, 0.29) is 5.91 Å². The fourth-order valence-corrected chi connectivity index (χ4v) is 2.80. The molecule has 2 rings (SSSR count). The molecular formula is C19H21Cl2NO3. The lowest BCUT2D eigenvalue weighted by molar-refractivity contribution is -0.130. The van der Waals surface area contributed by atoms with E-state index in [0.717, 1.165) is 11.1 Å². The smallest absolute Gasteiger partial charge is 0.222 e. The van der Waals surface area contributed by atoms with Crippen LogP contribution in [-0.2, 0) is 17.8 Å². The quantitative estimate of drug-likeness (QED) is 0.703. The van der Waals surface area contributed by atoms with Crippen molar-refractivity contribution in [1.29, 1.82) is 0 Å². The van der Waals surface area contributed by atoms with Gasteiger partial charge in [0.25, 0.3) is 0 Å². The van der Waals surface area contributed by atoms with Gasteiger partial charge >= 0.3 is 0 Å². The van der Waals surface area contributed by atoms with Crippen molar-refractivity contribution in [3.05, 3.63) is 57.6 Å². The van der Waals surface area contributed by atoms with Crippen LogP contribution in [0.15, 0.2) is 36.4 Å². The molecule has 1 amide bonds. The average Bonchev–Trinajstić information content (AvgIpc) is 2.62. The van der Waals surface area contributed by atoms with Crippen LogP contribution in [0.25, 0.3) is 0 Å². The number of ether oxygens (including phenoxy) is 2. The highest BCUT2D eigenvalue weighted by molar-refractivity contribution is 6.42. The van der Waals surface area contributed by atoms with E-state index in [1.165, 1.54) is 0 Å². The minimum Gasteiger partial charge on any atom is -0.493 e. The molecule has 0 bridgehead atoms. The summed E-state index contributed by atoms with van der Waals surface area (Å²) in [5.74, 6) is 1.40. The second-order valence-corrected chi connectivity index (χ2v) is 6.50. The molecule has 2 aromatic rings. The Morgan fingerprint density at radius 1 is 0.960 bits per heavy atom. The van der Waals surface area contributed by atoms with Crippen LogP contribution in [0.3, 0.4) is 0 Å². The first kappa shape index (κ1) is 19.4. The highest BCUT2D eigenvalue weighted by Crippen LogP contribution is 2.28. The molecule has 6 heteroatoms. The molecule has 0 aliphatic carbocycles. The molecule has 4 nitrogen and oxygen atoms in total. The monoisotopic (exact) mass is 381 g/mol. The number of hydrogen-bond acceptors (Lipinski definition) is 3. The minimum atomic E-state index is 0.0563. The van der Waals surface area contributed by atoms with Gasteiger partial charge in [0.1, 0.15) is 0 Å². The predicted octanol–water partition coefficient (Wildman–Crippen LogP) is 4.60.